The van der Waals surface area contributed by atoms with Crippen LogP contribution in [0.1, 0.15) is 51.7 Å². The summed E-state index contributed by atoms with van der Waals surface area (Å²) in [6.07, 6.45) is 6.62. The van der Waals surface area contributed by atoms with Crippen LogP contribution in [-0.2, 0) is 11.2 Å². The highest BCUT2D eigenvalue weighted by atomic mass is 19.1. The number of fused-ring (bicyclic) bond motifs is 1. The third-order valence-electron chi connectivity index (χ3n) is 4.69. The average Bonchev–Trinajstić information content (AvgIpc) is 2.59. The number of aryl methyl sites for hydroxylation is 1. The van der Waals surface area contributed by atoms with Gasteiger partial charge < -0.3 is 10.0 Å². The van der Waals surface area contributed by atoms with Crippen LogP contribution in [0.3, 0.4) is 0 Å². The predicted octanol–water partition coefficient (Wildman–Crippen LogP) is 5.53. The number of hydrogen-bond acceptors (Lipinski definition) is 2. The molecule has 0 spiro atoms. The van der Waals surface area contributed by atoms with Crippen molar-refractivity contribution in [2.45, 2.75) is 53.0 Å². The Morgan fingerprint density at radius 3 is 2.69 bits per heavy atom. The fraction of sp³-hybridized carbons (Fsp3) is 0.409. The van der Waals surface area contributed by atoms with Gasteiger partial charge in [-0.3, -0.25) is 0 Å². The number of carboxylic acids is 1. The molecular formula is C22H28FNO2. The van der Waals surface area contributed by atoms with Crippen LogP contribution in [0.25, 0.3) is 5.57 Å². The smallest absolute Gasteiger partial charge is 0.328 e. The summed E-state index contributed by atoms with van der Waals surface area (Å²) in [4.78, 5) is 13.1. The number of rotatable bonds is 6. The summed E-state index contributed by atoms with van der Waals surface area (Å²) in [5.41, 5.74) is 4.57. The molecule has 4 heteroatoms. The first-order valence-electron chi connectivity index (χ1n) is 9.21. The lowest BCUT2D eigenvalue weighted by atomic mass is 9.94. The topological polar surface area (TPSA) is 40.5 Å². The zero-order valence-electron chi connectivity index (χ0n) is 16.1. The Morgan fingerprint density at radius 1 is 1.35 bits per heavy atom. The van der Waals surface area contributed by atoms with Gasteiger partial charge in [-0.2, -0.15) is 0 Å². The number of carbonyl (C=O) groups is 1. The Balaban J connectivity index is 2.35. The zero-order chi connectivity index (χ0) is 19.3. The molecule has 1 aromatic rings. The van der Waals surface area contributed by atoms with Gasteiger partial charge in [-0.15, -0.1) is 0 Å². The Hall–Kier alpha value is -2.36. The molecule has 0 atom stereocenters. The summed E-state index contributed by atoms with van der Waals surface area (Å²) >= 11 is 0. The largest absolute Gasteiger partial charge is 0.478 e. The number of halogens is 1. The molecule has 0 radical (unpaired) electrons. The number of aliphatic carboxylic acids is 1. The van der Waals surface area contributed by atoms with Crippen LogP contribution < -0.4 is 4.90 Å². The Bertz CT molecular complexity index is 759. The van der Waals surface area contributed by atoms with Gasteiger partial charge in [0.2, 0.25) is 0 Å². The highest BCUT2D eigenvalue weighted by Gasteiger charge is 2.20. The van der Waals surface area contributed by atoms with Gasteiger partial charge in [-0.25, -0.2) is 9.18 Å². The van der Waals surface area contributed by atoms with E-state index in [1.807, 2.05) is 13.0 Å². The molecule has 0 fully saturated rings. The van der Waals surface area contributed by atoms with Crippen LogP contribution in [0, 0.1) is 0 Å². The SMILES string of the molecule is CC\C(=C(F)/C=C/C(C)=C/C(=O)O)c1ccc2c(c1)CCCN2C(C)C. The molecule has 0 unspecified atom stereocenters. The van der Waals surface area contributed by atoms with E-state index in [0.29, 0.717) is 23.6 Å². The van der Waals surface area contributed by atoms with E-state index in [2.05, 4.69) is 30.9 Å². The second-order valence-electron chi connectivity index (χ2n) is 6.97. The molecule has 2 rings (SSSR count). The summed E-state index contributed by atoms with van der Waals surface area (Å²) in [7, 11) is 0. The van der Waals surface area contributed by atoms with Gasteiger partial charge in [0.25, 0.3) is 0 Å². The van der Waals surface area contributed by atoms with Crippen molar-refractivity contribution in [2.24, 2.45) is 0 Å². The Labute approximate surface area is 155 Å². The third kappa shape index (κ3) is 4.84. The number of nitrogens with zero attached hydrogens (tertiary/aromatic N) is 1. The van der Waals surface area contributed by atoms with Crippen molar-refractivity contribution in [3.8, 4) is 0 Å². The molecule has 1 N–H and O–H groups in total. The lowest BCUT2D eigenvalue weighted by Gasteiger charge is -2.35. The molecule has 0 aromatic heterocycles. The van der Waals surface area contributed by atoms with Crippen molar-refractivity contribution in [3.63, 3.8) is 0 Å². The molecule has 140 valence electrons. The fourth-order valence-corrected chi connectivity index (χ4v) is 3.41. The maximum absolute atomic E-state index is 14.7. The van der Waals surface area contributed by atoms with Crippen molar-refractivity contribution in [1.29, 1.82) is 0 Å². The quantitative estimate of drug-likeness (QED) is 0.538. The predicted molar refractivity (Wildman–Crippen MR) is 106 cm³/mol. The highest BCUT2D eigenvalue weighted by molar-refractivity contribution is 5.81. The average molecular weight is 357 g/mol. The van der Waals surface area contributed by atoms with E-state index in [1.165, 1.54) is 23.4 Å². The second-order valence-corrected chi connectivity index (χ2v) is 6.97. The molecule has 0 aliphatic carbocycles. The lowest BCUT2D eigenvalue weighted by Crippen LogP contribution is -2.35. The van der Waals surface area contributed by atoms with E-state index in [4.69, 9.17) is 5.11 Å². The molecular weight excluding hydrogens is 329 g/mol. The third-order valence-corrected chi connectivity index (χ3v) is 4.69. The Morgan fingerprint density at radius 2 is 2.08 bits per heavy atom. The van der Waals surface area contributed by atoms with Crippen molar-refractivity contribution in [3.05, 3.63) is 59.0 Å². The van der Waals surface area contributed by atoms with Crippen molar-refractivity contribution >= 4 is 17.2 Å². The van der Waals surface area contributed by atoms with Gasteiger partial charge in [0.1, 0.15) is 5.83 Å². The first kappa shape index (κ1) is 20.0. The van der Waals surface area contributed by atoms with E-state index < -0.39 is 5.97 Å². The second kappa shape index (κ2) is 8.84. The molecule has 0 amide bonds. The minimum atomic E-state index is -1.03. The number of hydrogen-bond donors (Lipinski definition) is 1. The van der Waals surface area contributed by atoms with Crippen LogP contribution >= 0.6 is 0 Å². The minimum Gasteiger partial charge on any atom is -0.478 e. The molecule has 1 aliphatic rings. The van der Waals surface area contributed by atoms with E-state index >= 15 is 0 Å². The summed E-state index contributed by atoms with van der Waals surface area (Å²) in [5.74, 6) is -1.35. The maximum atomic E-state index is 14.7. The summed E-state index contributed by atoms with van der Waals surface area (Å²) in [6, 6.07) is 6.65. The van der Waals surface area contributed by atoms with Crippen LogP contribution in [0.2, 0.25) is 0 Å². The zero-order valence-corrected chi connectivity index (χ0v) is 16.1. The number of allylic oxidation sites excluding steroid dienone is 5. The van der Waals surface area contributed by atoms with Crippen molar-refractivity contribution in [1.82, 2.24) is 0 Å². The van der Waals surface area contributed by atoms with Gasteiger partial charge in [0.15, 0.2) is 0 Å². The number of carboxylic acid groups (broad SMARTS) is 1. The minimum absolute atomic E-state index is 0.317. The normalized spacial score (nSPS) is 16.1. The van der Waals surface area contributed by atoms with Crippen molar-refractivity contribution < 1.29 is 14.3 Å². The van der Waals surface area contributed by atoms with Crippen LogP contribution in [0.5, 0.6) is 0 Å². The highest BCUT2D eigenvalue weighted by Crippen LogP contribution is 2.33. The summed E-state index contributed by atoms with van der Waals surface area (Å²) in [5, 5.41) is 8.74. The van der Waals surface area contributed by atoms with Gasteiger partial charge in [0, 0.05) is 24.4 Å². The number of anilines is 1. The van der Waals surface area contributed by atoms with E-state index in [-0.39, 0.29) is 5.83 Å². The van der Waals surface area contributed by atoms with Gasteiger partial charge >= 0.3 is 5.97 Å². The number of benzene rings is 1. The molecule has 3 nitrogen and oxygen atoms in total. The van der Waals surface area contributed by atoms with E-state index in [0.717, 1.165) is 31.0 Å². The van der Waals surface area contributed by atoms with Gasteiger partial charge in [-0.1, -0.05) is 19.1 Å². The lowest BCUT2D eigenvalue weighted by molar-refractivity contribution is -0.131. The van der Waals surface area contributed by atoms with Gasteiger partial charge in [0.05, 0.1) is 0 Å². The first-order valence-corrected chi connectivity index (χ1v) is 9.21. The van der Waals surface area contributed by atoms with Crippen molar-refractivity contribution in [2.75, 3.05) is 11.4 Å². The summed E-state index contributed by atoms with van der Waals surface area (Å²) in [6.45, 7) is 9.02. The molecule has 1 aliphatic heterocycles. The van der Waals surface area contributed by atoms with Crippen LogP contribution in [-0.4, -0.2) is 23.7 Å². The molecule has 1 aromatic carbocycles. The summed E-state index contributed by atoms with van der Waals surface area (Å²) < 4.78 is 14.7. The van der Waals surface area contributed by atoms with E-state index in [9.17, 15) is 9.18 Å². The Kier molecular flexibility index (Phi) is 6.78. The molecule has 1 heterocycles. The monoisotopic (exact) mass is 357 g/mol. The molecule has 0 saturated heterocycles. The molecule has 26 heavy (non-hydrogen) atoms. The maximum Gasteiger partial charge on any atom is 0.328 e. The van der Waals surface area contributed by atoms with Crippen LogP contribution in [0.4, 0.5) is 10.1 Å². The first-order chi connectivity index (χ1) is 12.3. The standard InChI is InChI=1S/C22H28FNO2/c1-5-19(20(23)10-8-16(4)13-22(25)26)17-9-11-21-18(14-17)7-6-12-24(21)15(2)3/h8-11,13-15H,5-7,12H2,1-4H3,(H,25,26)/b10-8+,16-13+,20-19-. The van der Waals surface area contributed by atoms with Crippen LogP contribution in [0.15, 0.2) is 47.8 Å². The fourth-order valence-electron chi connectivity index (χ4n) is 3.41. The molecule has 0 bridgehead atoms. The van der Waals surface area contributed by atoms with E-state index in [1.54, 1.807) is 6.92 Å². The molecule has 0 saturated carbocycles. The van der Waals surface area contributed by atoms with Gasteiger partial charge in [-0.05, 0) is 80.5 Å².